The van der Waals surface area contributed by atoms with Crippen molar-refractivity contribution in [2.75, 3.05) is 13.1 Å². The highest BCUT2D eigenvalue weighted by atomic mass is 16.6. The van der Waals surface area contributed by atoms with E-state index in [0.717, 1.165) is 13.1 Å². The molecule has 0 radical (unpaired) electrons. The topological polar surface area (TPSA) is 50.4 Å². The Morgan fingerprint density at radius 2 is 1.95 bits per heavy atom. The molecule has 4 heteroatoms. The van der Waals surface area contributed by atoms with Crippen LogP contribution in [0.5, 0.6) is 0 Å². The van der Waals surface area contributed by atoms with Gasteiger partial charge in [0.2, 0.25) is 0 Å². The van der Waals surface area contributed by atoms with Gasteiger partial charge in [0, 0.05) is 19.0 Å². The van der Waals surface area contributed by atoms with E-state index >= 15 is 0 Å². The van der Waals surface area contributed by atoms with E-state index in [-0.39, 0.29) is 12.1 Å². The molecule has 1 fully saturated rings. The van der Waals surface area contributed by atoms with Crippen LogP contribution in [-0.4, -0.2) is 30.8 Å². The molecule has 1 saturated heterocycles. The van der Waals surface area contributed by atoms with Crippen LogP contribution in [0.4, 0.5) is 4.79 Å². The Balaban J connectivity index is 1.98. The van der Waals surface area contributed by atoms with Crippen LogP contribution in [-0.2, 0) is 4.74 Å². The van der Waals surface area contributed by atoms with Crippen molar-refractivity contribution in [3.05, 3.63) is 35.9 Å². The standard InChI is InChI=1S/C15H22N2O2/c1-15(2,3)19-14(18)17-13-10-16-9-12(13)11-7-5-4-6-8-11/h4-8,12-13,16H,9-10H2,1-3H3,(H,17,18)/t12-,13-/m1/s1. The molecule has 2 rings (SSSR count). The Bertz CT molecular complexity index is 426. The highest BCUT2D eigenvalue weighted by Crippen LogP contribution is 2.22. The van der Waals surface area contributed by atoms with Crippen molar-refractivity contribution in [3.8, 4) is 0 Å². The van der Waals surface area contributed by atoms with Crippen molar-refractivity contribution in [1.29, 1.82) is 0 Å². The third kappa shape index (κ3) is 3.96. The number of benzene rings is 1. The van der Waals surface area contributed by atoms with Gasteiger partial charge in [0.25, 0.3) is 0 Å². The minimum absolute atomic E-state index is 0.0808. The molecule has 0 saturated carbocycles. The fourth-order valence-electron chi connectivity index (χ4n) is 2.34. The van der Waals surface area contributed by atoms with Crippen LogP contribution in [0, 0.1) is 0 Å². The smallest absolute Gasteiger partial charge is 0.407 e. The van der Waals surface area contributed by atoms with Crippen molar-refractivity contribution < 1.29 is 9.53 Å². The second-order valence-corrected chi connectivity index (χ2v) is 5.93. The molecule has 19 heavy (non-hydrogen) atoms. The van der Waals surface area contributed by atoms with E-state index in [1.807, 2.05) is 39.0 Å². The number of hydrogen-bond acceptors (Lipinski definition) is 3. The first-order chi connectivity index (χ1) is 8.96. The van der Waals surface area contributed by atoms with Gasteiger partial charge < -0.3 is 15.4 Å². The molecule has 1 aromatic rings. The van der Waals surface area contributed by atoms with Crippen molar-refractivity contribution >= 4 is 6.09 Å². The average Bonchev–Trinajstić information content (AvgIpc) is 2.75. The lowest BCUT2D eigenvalue weighted by atomic mass is 9.94. The Hall–Kier alpha value is -1.55. The molecule has 2 atom stereocenters. The molecule has 0 aromatic heterocycles. The zero-order valence-electron chi connectivity index (χ0n) is 11.8. The normalized spacial score (nSPS) is 23.1. The first-order valence-corrected chi connectivity index (χ1v) is 6.71. The molecule has 0 spiro atoms. The molecule has 2 N–H and O–H groups in total. The fraction of sp³-hybridized carbons (Fsp3) is 0.533. The Morgan fingerprint density at radius 1 is 1.26 bits per heavy atom. The van der Waals surface area contributed by atoms with Crippen LogP contribution in [0.15, 0.2) is 30.3 Å². The highest BCUT2D eigenvalue weighted by molar-refractivity contribution is 5.68. The van der Waals surface area contributed by atoms with Gasteiger partial charge in [-0.3, -0.25) is 0 Å². The van der Waals surface area contributed by atoms with Gasteiger partial charge in [-0.1, -0.05) is 30.3 Å². The van der Waals surface area contributed by atoms with E-state index in [9.17, 15) is 4.79 Å². The molecule has 0 aliphatic carbocycles. The van der Waals surface area contributed by atoms with Crippen molar-refractivity contribution in [2.45, 2.75) is 38.3 Å². The Morgan fingerprint density at radius 3 is 2.58 bits per heavy atom. The van der Waals surface area contributed by atoms with Gasteiger partial charge >= 0.3 is 6.09 Å². The van der Waals surface area contributed by atoms with Crippen molar-refractivity contribution in [2.24, 2.45) is 0 Å². The molecule has 0 bridgehead atoms. The molecular weight excluding hydrogens is 240 g/mol. The van der Waals surface area contributed by atoms with E-state index in [0.29, 0.717) is 5.92 Å². The van der Waals surface area contributed by atoms with Gasteiger partial charge in [0.15, 0.2) is 0 Å². The molecule has 1 aliphatic heterocycles. The molecule has 0 unspecified atom stereocenters. The van der Waals surface area contributed by atoms with E-state index in [1.54, 1.807) is 0 Å². The maximum absolute atomic E-state index is 11.8. The lowest BCUT2D eigenvalue weighted by Crippen LogP contribution is -2.42. The van der Waals surface area contributed by atoms with Crippen LogP contribution in [0.3, 0.4) is 0 Å². The summed E-state index contributed by atoms with van der Waals surface area (Å²) < 4.78 is 5.31. The minimum Gasteiger partial charge on any atom is -0.444 e. The first-order valence-electron chi connectivity index (χ1n) is 6.71. The predicted molar refractivity (Wildman–Crippen MR) is 75.2 cm³/mol. The Labute approximate surface area is 114 Å². The average molecular weight is 262 g/mol. The lowest BCUT2D eigenvalue weighted by Gasteiger charge is -2.24. The molecular formula is C15H22N2O2. The van der Waals surface area contributed by atoms with Crippen LogP contribution < -0.4 is 10.6 Å². The van der Waals surface area contributed by atoms with Crippen LogP contribution in [0.25, 0.3) is 0 Å². The second kappa shape index (κ2) is 5.61. The number of alkyl carbamates (subject to hydrolysis) is 1. The largest absolute Gasteiger partial charge is 0.444 e. The zero-order chi connectivity index (χ0) is 13.9. The Kier molecular flexibility index (Phi) is 4.10. The summed E-state index contributed by atoms with van der Waals surface area (Å²) in [4.78, 5) is 11.8. The van der Waals surface area contributed by atoms with E-state index in [2.05, 4.69) is 22.8 Å². The van der Waals surface area contributed by atoms with Gasteiger partial charge in [-0.05, 0) is 26.3 Å². The van der Waals surface area contributed by atoms with Crippen LogP contribution >= 0.6 is 0 Å². The number of rotatable bonds is 2. The number of hydrogen-bond donors (Lipinski definition) is 2. The highest BCUT2D eigenvalue weighted by Gasteiger charge is 2.30. The summed E-state index contributed by atoms with van der Waals surface area (Å²) in [7, 11) is 0. The lowest BCUT2D eigenvalue weighted by molar-refractivity contribution is 0.0504. The minimum atomic E-state index is -0.460. The molecule has 1 aromatic carbocycles. The summed E-state index contributed by atoms with van der Waals surface area (Å²) in [6.07, 6.45) is -0.345. The summed E-state index contributed by atoms with van der Waals surface area (Å²) in [5, 5.41) is 6.28. The van der Waals surface area contributed by atoms with Gasteiger partial charge in [0.05, 0.1) is 6.04 Å². The number of carbonyl (C=O) groups excluding carboxylic acids is 1. The first kappa shape index (κ1) is 13.9. The molecule has 1 heterocycles. The summed E-state index contributed by atoms with van der Waals surface area (Å²) in [6.45, 7) is 7.26. The van der Waals surface area contributed by atoms with E-state index in [4.69, 9.17) is 4.74 Å². The second-order valence-electron chi connectivity index (χ2n) is 5.93. The van der Waals surface area contributed by atoms with Gasteiger partial charge in [0.1, 0.15) is 5.60 Å². The molecule has 1 amide bonds. The molecule has 1 aliphatic rings. The van der Waals surface area contributed by atoms with Crippen LogP contribution in [0.1, 0.15) is 32.3 Å². The quantitative estimate of drug-likeness (QED) is 0.859. The summed E-state index contributed by atoms with van der Waals surface area (Å²) in [6, 6.07) is 10.3. The van der Waals surface area contributed by atoms with Crippen molar-refractivity contribution in [1.82, 2.24) is 10.6 Å². The molecule has 104 valence electrons. The number of amides is 1. The SMILES string of the molecule is CC(C)(C)OC(=O)N[C@@H]1CNC[C@@H]1c1ccccc1. The predicted octanol–water partition coefficient (Wildman–Crippen LogP) is 2.27. The van der Waals surface area contributed by atoms with Crippen molar-refractivity contribution in [3.63, 3.8) is 0 Å². The zero-order valence-corrected chi connectivity index (χ0v) is 11.8. The summed E-state index contributed by atoms with van der Waals surface area (Å²) >= 11 is 0. The summed E-state index contributed by atoms with van der Waals surface area (Å²) in [5.74, 6) is 0.300. The van der Waals surface area contributed by atoms with E-state index < -0.39 is 5.60 Å². The van der Waals surface area contributed by atoms with Gasteiger partial charge in [-0.25, -0.2) is 4.79 Å². The fourth-order valence-corrected chi connectivity index (χ4v) is 2.34. The third-order valence-electron chi connectivity index (χ3n) is 3.14. The van der Waals surface area contributed by atoms with Crippen LogP contribution in [0.2, 0.25) is 0 Å². The maximum Gasteiger partial charge on any atom is 0.407 e. The third-order valence-corrected chi connectivity index (χ3v) is 3.14. The number of carbonyl (C=O) groups is 1. The van der Waals surface area contributed by atoms with Gasteiger partial charge in [-0.15, -0.1) is 0 Å². The number of nitrogens with one attached hydrogen (secondary N) is 2. The van der Waals surface area contributed by atoms with E-state index in [1.165, 1.54) is 5.56 Å². The number of ether oxygens (including phenoxy) is 1. The summed E-state index contributed by atoms with van der Waals surface area (Å²) in [5.41, 5.74) is 0.784. The maximum atomic E-state index is 11.8. The molecule has 4 nitrogen and oxygen atoms in total. The van der Waals surface area contributed by atoms with Gasteiger partial charge in [-0.2, -0.15) is 0 Å². The monoisotopic (exact) mass is 262 g/mol.